The molecule has 1 aliphatic rings. The minimum atomic E-state index is -0.183. The quantitative estimate of drug-likeness (QED) is 0.767. The third-order valence-electron chi connectivity index (χ3n) is 4.60. The van der Waals surface area contributed by atoms with E-state index in [0.717, 1.165) is 23.2 Å². The van der Waals surface area contributed by atoms with Crippen LogP contribution in [0.1, 0.15) is 36.2 Å². The van der Waals surface area contributed by atoms with Gasteiger partial charge in [0, 0.05) is 12.2 Å². The van der Waals surface area contributed by atoms with Crippen molar-refractivity contribution in [2.45, 2.75) is 39.3 Å². The average molecular weight is 369 g/mol. The number of ether oxygens (including phenoxy) is 2. The molecule has 2 heterocycles. The summed E-state index contributed by atoms with van der Waals surface area (Å²) in [5.74, 6) is -0.174. The van der Waals surface area contributed by atoms with Crippen LogP contribution in [0.15, 0.2) is 42.1 Å². The molecule has 0 bridgehead atoms. The van der Waals surface area contributed by atoms with Crippen LogP contribution in [0, 0.1) is 6.92 Å². The number of amides is 1. The van der Waals surface area contributed by atoms with Crippen LogP contribution in [0.25, 0.3) is 11.3 Å². The zero-order valence-electron chi connectivity index (χ0n) is 16.1. The molecule has 2 atom stereocenters. The van der Waals surface area contributed by atoms with Crippen LogP contribution in [0.5, 0.6) is 0 Å². The molecule has 0 unspecified atom stereocenters. The minimum absolute atomic E-state index is 0.0624. The second-order valence-corrected chi connectivity index (χ2v) is 7.12. The van der Waals surface area contributed by atoms with E-state index in [2.05, 4.69) is 15.5 Å². The van der Waals surface area contributed by atoms with Crippen LogP contribution in [0.3, 0.4) is 0 Å². The van der Waals surface area contributed by atoms with Gasteiger partial charge in [0.1, 0.15) is 0 Å². The van der Waals surface area contributed by atoms with E-state index in [4.69, 9.17) is 9.47 Å². The lowest BCUT2D eigenvalue weighted by atomic mass is 10.0. The summed E-state index contributed by atoms with van der Waals surface area (Å²) in [5, 5.41) is 10.1. The monoisotopic (exact) mass is 369 g/mol. The molecule has 1 fully saturated rings. The number of hydrogen-bond donors (Lipinski definition) is 2. The molecule has 1 aromatic carbocycles. The highest BCUT2D eigenvalue weighted by Crippen LogP contribution is 2.22. The van der Waals surface area contributed by atoms with E-state index in [1.165, 1.54) is 5.57 Å². The first-order valence-electron chi connectivity index (χ1n) is 9.28. The van der Waals surface area contributed by atoms with Crippen molar-refractivity contribution in [2.24, 2.45) is 0 Å². The predicted molar refractivity (Wildman–Crippen MR) is 105 cm³/mol. The van der Waals surface area contributed by atoms with E-state index in [9.17, 15) is 4.79 Å². The number of nitrogens with zero attached hydrogens (tertiary/aromatic N) is 1. The van der Waals surface area contributed by atoms with E-state index >= 15 is 0 Å². The van der Waals surface area contributed by atoms with Gasteiger partial charge in [0.2, 0.25) is 0 Å². The number of hydrogen-bond acceptors (Lipinski definition) is 4. The van der Waals surface area contributed by atoms with Gasteiger partial charge in [-0.1, -0.05) is 35.4 Å². The second-order valence-electron chi connectivity index (χ2n) is 7.12. The molecular formula is C21H27N3O3. The fraction of sp³-hybridized carbons (Fsp3) is 0.429. The second kappa shape index (κ2) is 8.97. The summed E-state index contributed by atoms with van der Waals surface area (Å²) in [6, 6.07) is 7.80. The molecular weight excluding hydrogens is 342 g/mol. The predicted octanol–water partition coefficient (Wildman–Crippen LogP) is 3.26. The van der Waals surface area contributed by atoms with Crippen LogP contribution >= 0.6 is 0 Å². The van der Waals surface area contributed by atoms with Crippen molar-refractivity contribution in [2.75, 3.05) is 19.8 Å². The van der Waals surface area contributed by atoms with Gasteiger partial charge < -0.3 is 14.8 Å². The first kappa shape index (κ1) is 19.3. The van der Waals surface area contributed by atoms with Gasteiger partial charge in [-0.25, -0.2) is 0 Å². The van der Waals surface area contributed by atoms with E-state index in [0.29, 0.717) is 25.4 Å². The lowest BCUT2D eigenvalue weighted by Crippen LogP contribution is -2.50. The van der Waals surface area contributed by atoms with E-state index < -0.39 is 0 Å². The Morgan fingerprint density at radius 1 is 1.44 bits per heavy atom. The molecule has 0 spiro atoms. The van der Waals surface area contributed by atoms with Crippen LogP contribution in [0.2, 0.25) is 0 Å². The van der Waals surface area contributed by atoms with Crippen molar-refractivity contribution >= 4 is 5.91 Å². The van der Waals surface area contributed by atoms with Crippen molar-refractivity contribution in [3.05, 3.63) is 53.2 Å². The Bertz CT molecular complexity index is 809. The van der Waals surface area contributed by atoms with Gasteiger partial charge in [-0.05, 0) is 33.3 Å². The van der Waals surface area contributed by atoms with Gasteiger partial charge in [0.25, 0.3) is 5.91 Å². The molecule has 1 aromatic heterocycles. The number of carbonyl (C=O) groups is 1. The number of rotatable bonds is 6. The fourth-order valence-electron chi connectivity index (χ4n) is 3.12. The van der Waals surface area contributed by atoms with Gasteiger partial charge in [0.05, 0.1) is 42.8 Å². The van der Waals surface area contributed by atoms with Crippen LogP contribution in [0.4, 0.5) is 0 Å². The van der Waals surface area contributed by atoms with Crippen molar-refractivity contribution < 1.29 is 14.3 Å². The number of allylic oxidation sites excluding steroid dienone is 1. The Kier molecular flexibility index (Phi) is 6.42. The number of H-pyrrole nitrogens is 1. The maximum Gasteiger partial charge on any atom is 0.255 e. The molecule has 0 aliphatic carbocycles. The number of aromatic nitrogens is 2. The molecule has 1 aliphatic heterocycles. The van der Waals surface area contributed by atoms with E-state index in [1.54, 1.807) is 6.20 Å². The van der Waals surface area contributed by atoms with Gasteiger partial charge in [-0.2, -0.15) is 5.10 Å². The Morgan fingerprint density at radius 3 is 3.07 bits per heavy atom. The topological polar surface area (TPSA) is 76.2 Å². The molecule has 0 saturated carbocycles. The Hall–Kier alpha value is -2.44. The molecule has 3 rings (SSSR count). The van der Waals surface area contributed by atoms with E-state index in [-0.39, 0.29) is 18.1 Å². The Morgan fingerprint density at radius 2 is 2.30 bits per heavy atom. The van der Waals surface area contributed by atoms with Crippen LogP contribution in [-0.2, 0) is 9.47 Å². The van der Waals surface area contributed by atoms with Gasteiger partial charge in [-0.3, -0.25) is 9.89 Å². The number of nitrogens with one attached hydrogen (secondary N) is 2. The normalized spacial score (nSPS) is 19.5. The maximum atomic E-state index is 12.9. The number of benzene rings is 1. The molecule has 1 amide bonds. The molecule has 6 heteroatoms. The smallest absolute Gasteiger partial charge is 0.255 e. The summed E-state index contributed by atoms with van der Waals surface area (Å²) in [4.78, 5) is 12.9. The van der Waals surface area contributed by atoms with Crippen LogP contribution in [-0.4, -0.2) is 48.1 Å². The summed E-state index contributed by atoms with van der Waals surface area (Å²) in [7, 11) is 0. The highest BCUT2D eigenvalue weighted by atomic mass is 16.5. The average Bonchev–Trinajstić information content (AvgIpc) is 3.13. The first-order chi connectivity index (χ1) is 13.0. The SMILES string of the molecule is CC(C)=CCO[C@H]1CCOC[C@H]1NC(=O)c1cn[nH]c1-c1cccc(C)c1. The maximum absolute atomic E-state index is 12.9. The van der Waals surface area contributed by atoms with Crippen LogP contribution < -0.4 is 5.32 Å². The Balaban J connectivity index is 1.71. The summed E-state index contributed by atoms with van der Waals surface area (Å²) in [5.41, 5.74) is 4.52. The van der Waals surface area contributed by atoms with Gasteiger partial charge in [-0.15, -0.1) is 0 Å². The standard InChI is InChI=1S/C21H27N3O3/c1-14(2)7-10-27-19-8-9-26-13-18(19)23-21(25)17-12-22-24-20(17)16-6-4-5-15(3)11-16/h4-7,11-12,18-19H,8-10,13H2,1-3H3,(H,22,24)(H,23,25)/t18-,19+/m1/s1. The first-order valence-corrected chi connectivity index (χ1v) is 9.28. The van der Waals surface area contributed by atoms with Crippen molar-refractivity contribution in [3.8, 4) is 11.3 Å². The summed E-state index contributed by atoms with van der Waals surface area (Å²) in [6.07, 6.45) is 4.31. The van der Waals surface area contributed by atoms with Crippen molar-refractivity contribution in [1.29, 1.82) is 0 Å². The molecule has 2 N–H and O–H groups in total. The third-order valence-corrected chi connectivity index (χ3v) is 4.60. The number of aromatic amines is 1. The molecule has 27 heavy (non-hydrogen) atoms. The molecule has 2 aromatic rings. The zero-order valence-corrected chi connectivity index (χ0v) is 16.1. The highest BCUT2D eigenvalue weighted by molar-refractivity contribution is 6.00. The number of carbonyl (C=O) groups excluding carboxylic acids is 1. The summed E-state index contributed by atoms with van der Waals surface area (Å²) >= 11 is 0. The molecule has 1 saturated heterocycles. The third kappa shape index (κ3) is 5.05. The largest absolute Gasteiger partial charge is 0.379 e. The van der Waals surface area contributed by atoms with Crippen molar-refractivity contribution in [1.82, 2.24) is 15.5 Å². The summed E-state index contributed by atoms with van der Waals surface area (Å²) in [6.45, 7) is 7.73. The van der Waals surface area contributed by atoms with Gasteiger partial charge in [0.15, 0.2) is 0 Å². The minimum Gasteiger partial charge on any atom is -0.379 e. The fourth-order valence-corrected chi connectivity index (χ4v) is 3.12. The molecule has 6 nitrogen and oxygen atoms in total. The molecule has 0 radical (unpaired) electrons. The Labute approximate surface area is 160 Å². The zero-order chi connectivity index (χ0) is 19.2. The molecule has 144 valence electrons. The lowest BCUT2D eigenvalue weighted by molar-refractivity contribution is -0.0457. The summed E-state index contributed by atoms with van der Waals surface area (Å²) < 4.78 is 11.5. The number of aryl methyl sites for hydroxylation is 1. The van der Waals surface area contributed by atoms with Gasteiger partial charge >= 0.3 is 0 Å². The van der Waals surface area contributed by atoms with Crippen molar-refractivity contribution in [3.63, 3.8) is 0 Å². The lowest BCUT2D eigenvalue weighted by Gasteiger charge is -2.31. The van der Waals surface area contributed by atoms with E-state index in [1.807, 2.05) is 51.1 Å². The highest BCUT2D eigenvalue weighted by Gasteiger charge is 2.29.